The lowest BCUT2D eigenvalue weighted by molar-refractivity contribution is -0.136. The summed E-state index contributed by atoms with van der Waals surface area (Å²) in [5, 5.41) is 10.3. The van der Waals surface area contributed by atoms with Gasteiger partial charge in [-0.15, -0.1) is 0 Å². The van der Waals surface area contributed by atoms with E-state index < -0.39 is 11.2 Å². The summed E-state index contributed by atoms with van der Waals surface area (Å²) in [6.45, 7) is 3.68. The average Bonchev–Trinajstić information content (AvgIpc) is 2.35. The average molecular weight is 262 g/mol. The second-order valence-corrected chi connectivity index (χ2v) is 5.14. The molecule has 0 saturated heterocycles. The van der Waals surface area contributed by atoms with Crippen LogP contribution in [0.25, 0.3) is 10.9 Å². The third-order valence-electron chi connectivity index (χ3n) is 2.58. The van der Waals surface area contributed by atoms with E-state index in [1.54, 1.807) is 0 Å². The fourth-order valence-corrected chi connectivity index (χ4v) is 2.71. The maximum absolute atomic E-state index is 11.1. The van der Waals surface area contributed by atoms with E-state index >= 15 is 0 Å². The highest BCUT2D eigenvalue weighted by atomic mass is 32.2. The van der Waals surface area contributed by atoms with Gasteiger partial charge in [-0.1, -0.05) is 36.9 Å². The Kier molecular flexibility index (Phi) is 3.81. The number of rotatable bonds is 4. The van der Waals surface area contributed by atoms with Crippen LogP contribution in [0, 0.1) is 6.92 Å². The highest BCUT2D eigenvalue weighted by Gasteiger charge is 2.19. The van der Waals surface area contributed by atoms with E-state index in [4.69, 9.17) is 5.11 Å². The summed E-state index contributed by atoms with van der Waals surface area (Å²) in [6, 6.07) is 7.66. The fraction of sp³-hybridized carbons (Fsp3) is 0.308. The monoisotopic (exact) mass is 262 g/mol. The minimum absolute atomic E-state index is 0.470. The molecule has 1 N–H and O–H groups in total. The maximum Gasteiger partial charge on any atom is 0.317 e. The molecule has 0 aliphatic heterocycles. The van der Waals surface area contributed by atoms with Crippen molar-refractivity contribution in [1.82, 2.24) is 9.97 Å². The SMILES string of the molecule is CC[C@H](Sc1nc(C)nc2ccccc12)C(=O)O. The van der Waals surface area contributed by atoms with Gasteiger partial charge in [0, 0.05) is 5.39 Å². The van der Waals surface area contributed by atoms with Crippen molar-refractivity contribution in [2.75, 3.05) is 0 Å². The fourth-order valence-electron chi connectivity index (χ4n) is 1.69. The van der Waals surface area contributed by atoms with Crippen LogP contribution in [0.5, 0.6) is 0 Å². The van der Waals surface area contributed by atoms with Gasteiger partial charge in [-0.3, -0.25) is 4.79 Å². The summed E-state index contributed by atoms with van der Waals surface area (Å²) in [5.74, 6) is -0.140. The van der Waals surface area contributed by atoms with E-state index in [-0.39, 0.29) is 0 Å². The second kappa shape index (κ2) is 5.35. The maximum atomic E-state index is 11.1. The van der Waals surface area contributed by atoms with Crippen molar-refractivity contribution in [3.8, 4) is 0 Å². The zero-order chi connectivity index (χ0) is 13.1. The van der Waals surface area contributed by atoms with E-state index in [9.17, 15) is 4.79 Å². The van der Waals surface area contributed by atoms with Crippen LogP contribution in [0.3, 0.4) is 0 Å². The van der Waals surface area contributed by atoms with Crippen LogP contribution >= 0.6 is 11.8 Å². The van der Waals surface area contributed by atoms with Gasteiger partial charge < -0.3 is 5.11 Å². The smallest absolute Gasteiger partial charge is 0.317 e. The lowest BCUT2D eigenvalue weighted by atomic mass is 10.2. The van der Waals surface area contributed by atoms with Gasteiger partial charge in [-0.05, 0) is 19.4 Å². The molecular formula is C13H14N2O2S. The molecule has 1 heterocycles. The standard InChI is InChI=1S/C13H14N2O2S/c1-3-11(13(16)17)18-12-9-6-4-5-7-10(9)14-8(2)15-12/h4-7,11H,3H2,1-2H3,(H,16,17)/t11-/m0/s1. The summed E-state index contributed by atoms with van der Waals surface area (Å²) >= 11 is 1.29. The molecule has 0 aliphatic rings. The van der Waals surface area contributed by atoms with Crippen molar-refractivity contribution in [3.05, 3.63) is 30.1 Å². The number of carboxylic acids is 1. The number of hydrogen-bond donors (Lipinski definition) is 1. The van der Waals surface area contributed by atoms with E-state index in [0.29, 0.717) is 12.2 Å². The first-order chi connectivity index (χ1) is 8.61. The van der Waals surface area contributed by atoms with Gasteiger partial charge in [0.05, 0.1) is 5.52 Å². The molecule has 0 aliphatic carbocycles. The number of aromatic nitrogens is 2. The third kappa shape index (κ3) is 2.61. The van der Waals surface area contributed by atoms with Crippen LogP contribution < -0.4 is 0 Å². The Morgan fingerprint density at radius 2 is 2.11 bits per heavy atom. The summed E-state index contributed by atoms with van der Waals surface area (Å²) in [4.78, 5) is 19.8. The van der Waals surface area contributed by atoms with E-state index in [1.165, 1.54) is 11.8 Å². The number of benzene rings is 1. The topological polar surface area (TPSA) is 63.1 Å². The van der Waals surface area contributed by atoms with Crippen LogP contribution in [0.2, 0.25) is 0 Å². The number of para-hydroxylation sites is 1. The Labute approximate surface area is 109 Å². The molecule has 0 amide bonds. The Morgan fingerprint density at radius 1 is 1.39 bits per heavy atom. The molecule has 0 spiro atoms. The van der Waals surface area contributed by atoms with Gasteiger partial charge in [0.1, 0.15) is 16.1 Å². The van der Waals surface area contributed by atoms with E-state index in [0.717, 1.165) is 15.9 Å². The largest absolute Gasteiger partial charge is 0.480 e. The zero-order valence-electron chi connectivity index (χ0n) is 10.3. The van der Waals surface area contributed by atoms with Gasteiger partial charge in [-0.25, -0.2) is 9.97 Å². The number of nitrogens with zero attached hydrogens (tertiary/aromatic N) is 2. The van der Waals surface area contributed by atoms with Gasteiger partial charge in [-0.2, -0.15) is 0 Å². The number of hydrogen-bond acceptors (Lipinski definition) is 4. The molecule has 0 unspecified atom stereocenters. The molecule has 0 saturated carbocycles. The van der Waals surface area contributed by atoms with Crippen LogP contribution in [0.15, 0.2) is 29.3 Å². The molecule has 2 aromatic rings. The first-order valence-electron chi connectivity index (χ1n) is 5.74. The van der Waals surface area contributed by atoms with Crippen LogP contribution in [0.4, 0.5) is 0 Å². The number of aliphatic carboxylic acids is 1. The summed E-state index contributed by atoms with van der Waals surface area (Å²) in [7, 11) is 0. The number of fused-ring (bicyclic) bond motifs is 1. The van der Waals surface area contributed by atoms with Crippen LogP contribution in [-0.4, -0.2) is 26.3 Å². The van der Waals surface area contributed by atoms with Crippen molar-refractivity contribution in [2.45, 2.75) is 30.5 Å². The Bertz CT molecular complexity index is 586. The molecule has 0 fully saturated rings. The summed E-state index contributed by atoms with van der Waals surface area (Å²) in [5.41, 5.74) is 0.854. The molecule has 1 atom stereocenters. The highest BCUT2D eigenvalue weighted by Crippen LogP contribution is 2.29. The van der Waals surface area contributed by atoms with E-state index in [1.807, 2.05) is 38.1 Å². The molecule has 18 heavy (non-hydrogen) atoms. The molecule has 4 nitrogen and oxygen atoms in total. The zero-order valence-corrected chi connectivity index (χ0v) is 11.1. The molecule has 5 heteroatoms. The Hall–Kier alpha value is -1.62. The minimum atomic E-state index is -0.803. The first-order valence-corrected chi connectivity index (χ1v) is 6.62. The molecule has 1 aromatic carbocycles. The third-order valence-corrected chi connectivity index (χ3v) is 3.93. The van der Waals surface area contributed by atoms with Gasteiger partial charge >= 0.3 is 5.97 Å². The molecule has 0 bridgehead atoms. The van der Waals surface area contributed by atoms with Crippen molar-refractivity contribution in [1.29, 1.82) is 0 Å². The lowest BCUT2D eigenvalue weighted by Crippen LogP contribution is -2.15. The minimum Gasteiger partial charge on any atom is -0.480 e. The van der Waals surface area contributed by atoms with E-state index in [2.05, 4.69) is 9.97 Å². The second-order valence-electron chi connectivity index (χ2n) is 3.95. The predicted molar refractivity (Wildman–Crippen MR) is 71.8 cm³/mol. The predicted octanol–water partition coefficient (Wildman–Crippen LogP) is 2.89. The summed E-state index contributed by atoms with van der Waals surface area (Å²) < 4.78 is 0. The van der Waals surface area contributed by atoms with Crippen molar-refractivity contribution in [3.63, 3.8) is 0 Å². The molecule has 1 aromatic heterocycles. The first kappa shape index (κ1) is 12.8. The Morgan fingerprint density at radius 3 is 2.78 bits per heavy atom. The number of carboxylic acid groups (broad SMARTS) is 1. The Balaban J connectivity index is 2.46. The quantitative estimate of drug-likeness (QED) is 0.678. The van der Waals surface area contributed by atoms with Crippen molar-refractivity contribution in [2.24, 2.45) is 0 Å². The number of carbonyl (C=O) groups is 1. The molecule has 0 radical (unpaired) electrons. The van der Waals surface area contributed by atoms with Gasteiger partial charge in [0.25, 0.3) is 0 Å². The summed E-state index contributed by atoms with van der Waals surface area (Å²) in [6.07, 6.45) is 0.567. The van der Waals surface area contributed by atoms with Crippen LogP contribution in [0.1, 0.15) is 19.2 Å². The molecule has 94 valence electrons. The van der Waals surface area contributed by atoms with Gasteiger partial charge in [0.2, 0.25) is 0 Å². The highest BCUT2D eigenvalue weighted by molar-refractivity contribution is 8.00. The molecular weight excluding hydrogens is 248 g/mol. The molecule has 2 rings (SSSR count). The van der Waals surface area contributed by atoms with Crippen LogP contribution in [-0.2, 0) is 4.79 Å². The van der Waals surface area contributed by atoms with Gasteiger partial charge in [0.15, 0.2) is 0 Å². The van der Waals surface area contributed by atoms with Crippen molar-refractivity contribution >= 4 is 28.6 Å². The number of aryl methyl sites for hydroxylation is 1. The normalized spacial score (nSPS) is 12.6. The number of thioether (sulfide) groups is 1. The lowest BCUT2D eigenvalue weighted by Gasteiger charge is -2.11. The van der Waals surface area contributed by atoms with Crippen molar-refractivity contribution < 1.29 is 9.90 Å².